The van der Waals surface area contributed by atoms with Crippen LogP contribution in [0.5, 0.6) is 0 Å². The zero-order valence-electron chi connectivity index (χ0n) is 13.6. The highest BCUT2D eigenvalue weighted by atomic mass is 19.1. The summed E-state index contributed by atoms with van der Waals surface area (Å²) in [7, 11) is 0. The van der Waals surface area contributed by atoms with Crippen LogP contribution in [-0.4, -0.2) is 47.6 Å². The first kappa shape index (κ1) is 15.7. The SMILES string of the molecule is CCN1CCN(c2ncnc(-c3ccc(F)c(C)c3)c2N)CC1. The molecule has 0 unspecified atom stereocenters. The molecule has 2 aromatic rings. The predicted molar refractivity (Wildman–Crippen MR) is 90.9 cm³/mol. The normalized spacial score (nSPS) is 15.9. The van der Waals surface area contributed by atoms with Crippen LogP contribution in [0, 0.1) is 12.7 Å². The van der Waals surface area contributed by atoms with Gasteiger partial charge in [-0.3, -0.25) is 0 Å². The first-order valence-electron chi connectivity index (χ1n) is 7.94. The van der Waals surface area contributed by atoms with E-state index in [2.05, 4.69) is 26.7 Å². The van der Waals surface area contributed by atoms with E-state index < -0.39 is 0 Å². The van der Waals surface area contributed by atoms with E-state index in [1.54, 1.807) is 19.1 Å². The van der Waals surface area contributed by atoms with Crippen LogP contribution >= 0.6 is 0 Å². The van der Waals surface area contributed by atoms with Crippen LogP contribution < -0.4 is 10.6 Å². The molecule has 1 saturated heterocycles. The van der Waals surface area contributed by atoms with Crippen molar-refractivity contribution in [1.82, 2.24) is 14.9 Å². The van der Waals surface area contributed by atoms with Crippen molar-refractivity contribution in [2.75, 3.05) is 43.4 Å². The molecule has 2 heterocycles. The summed E-state index contributed by atoms with van der Waals surface area (Å²) in [6.45, 7) is 8.78. The van der Waals surface area contributed by atoms with Crippen molar-refractivity contribution in [3.63, 3.8) is 0 Å². The molecule has 1 aliphatic heterocycles. The van der Waals surface area contributed by atoms with Gasteiger partial charge in [0.05, 0.1) is 5.69 Å². The second-order valence-electron chi connectivity index (χ2n) is 5.84. The van der Waals surface area contributed by atoms with Crippen LogP contribution in [0.4, 0.5) is 15.9 Å². The number of rotatable bonds is 3. The monoisotopic (exact) mass is 315 g/mol. The van der Waals surface area contributed by atoms with Gasteiger partial charge in [-0.2, -0.15) is 0 Å². The Morgan fingerprint density at radius 2 is 1.91 bits per heavy atom. The third kappa shape index (κ3) is 3.12. The molecule has 1 aromatic carbocycles. The van der Waals surface area contributed by atoms with Crippen molar-refractivity contribution >= 4 is 11.5 Å². The van der Waals surface area contributed by atoms with Gasteiger partial charge in [0.25, 0.3) is 0 Å². The van der Waals surface area contributed by atoms with Crippen molar-refractivity contribution in [2.24, 2.45) is 0 Å². The Labute approximate surface area is 136 Å². The number of piperazine rings is 1. The minimum absolute atomic E-state index is 0.225. The van der Waals surface area contributed by atoms with Crippen molar-refractivity contribution < 1.29 is 4.39 Å². The minimum Gasteiger partial charge on any atom is -0.394 e. The molecule has 1 fully saturated rings. The summed E-state index contributed by atoms with van der Waals surface area (Å²) < 4.78 is 13.5. The lowest BCUT2D eigenvalue weighted by molar-refractivity contribution is 0.270. The number of nitrogens with two attached hydrogens (primary N) is 1. The summed E-state index contributed by atoms with van der Waals surface area (Å²) in [5.41, 5.74) is 8.95. The molecular weight excluding hydrogens is 293 g/mol. The molecule has 0 radical (unpaired) electrons. The Balaban J connectivity index is 1.91. The quantitative estimate of drug-likeness (QED) is 0.942. The molecule has 1 aliphatic rings. The number of nitrogens with zero attached hydrogens (tertiary/aromatic N) is 4. The van der Waals surface area contributed by atoms with Gasteiger partial charge in [0.1, 0.15) is 17.8 Å². The minimum atomic E-state index is -0.225. The Bertz CT molecular complexity index is 695. The van der Waals surface area contributed by atoms with Gasteiger partial charge in [-0.05, 0) is 37.2 Å². The van der Waals surface area contributed by atoms with E-state index in [0.717, 1.165) is 44.1 Å². The zero-order valence-corrected chi connectivity index (χ0v) is 13.6. The van der Waals surface area contributed by atoms with Gasteiger partial charge >= 0.3 is 0 Å². The molecule has 2 N–H and O–H groups in total. The van der Waals surface area contributed by atoms with Gasteiger partial charge in [0.2, 0.25) is 0 Å². The summed E-state index contributed by atoms with van der Waals surface area (Å²) >= 11 is 0. The topological polar surface area (TPSA) is 58.3 Å². The van der Waals surface area contributed by atoms with Crippen LogP contribution in [0.1, 0.15) is 12.5 Å². The molecule has 6 heteroatoms. The Kier molecular flexibility index (Phi) is 4.43. The molecule has 0 bridgehead atoms. The molecule has 122 valence electrons. The lowest BCUT2D eigenvalue weighted by Crippen LogP contribution is -2.46. The highest BCUT2D eigenvalue weighted by Gasteiger charge is 2.21. The molecule has 3 rings (SSSR count). The number of nitrogen functional groups attached to an aromatic ring is 1. The first-order chi connectivity index (χ1) is 11.1. The zero-order chi connectivity index (χ0) is 16.4. The Morgan fingerprint density at radius 1 is 1.17 bits per heavy atom. The van der Waals surface area contributed by atoms with E-state index in [0.29, 0.717) is 16.9 Å². The lowest BCUT2D eigenvalue weighted by atomic mass is 10.1. The van der Waals surface area contributed by atoms with E-state index in [1.165, 1.54) is 12.4 Å². The average molecular weight is 315 g/mol. The van der Waals surface area contributed by atoms with E-state index in [-0.39, 0.29) is 5.82 Å². The number of halogens is 1. The second-order valence-corrected chi connectivity index (χ2v) is 5.84. The largest absolute Gasteiger partial charge is 0.394 e. The highest BCUT2D eigenvalue weighted by Crippen LogP contribution is 2.31. The van der Waals surface area contributed by atoms with Crippen LogP contribution in [0.3, 0.4) is 0 Å². The number of aromatic nitrogens is 2. The summed E-state index contributed by atoms with van der Waals surface area (Å²) in [6, 6.07) is 4.93. The molecule has 5 nitrogen and oxygen atoms in total. The van der Waals surface area contributed by atoms with Crippen LogP contribution in [0.2, 0.25) is 0 Å². The third-order valence-corrected chi connectivity index (χ3v) is 4.41. The van der Waals surface area contributed by atoms with Gasteiger partial charge < -0.3 is 15.5 Å². The smallest absolute Gasteiger partial charge is 0.155 e. The van der Waals surface area contributed by atoms with E-state index in [4.69, 9.17) is 5.73 Å². The fourth-order valence-corrected chi connectivity index (χ4v) is 2.94. The van der Waals surface area contributed by atoms with Gasteiger partial charge in [0.15, 0.2) is 5.82 Å². The molecule has 23 heavy (non-hydrogen) atoms. The Morgan fingerprint density at radius 3 is 2.57 bits per heavy atom. The predicted octanol–water partition coefficient (Wildman–Crippen LogP) is 2.32. The Hall–Kier alpha value is -2.21. The van der Waals surface area contributed by atoms with Crippen LogP contribution in [0.25, 0.3) is 11.3 Å². The molecule has 0 amide bonds. The second kappa shape index (κ2) is 6.50. The number of likely N-dealkylation sites (N-methyl/N-ethyl adjacent to an activating group) is 1. The van der Waals surface area contributed by atoms with Gasteiger partial charge in [-0.15, -0.1) is 0 Å². The maximum atomic E-state index is 13.5. The van der Waals surface area contributed by atoms with Gasteiger partial charge in [-0.1, -0.05) is 6.92 Å². The fraction of sp³-hybridized carbons (Fsp3) is 0.412. The van der Waals surface area contributed by atoms with E-state index in [9.17, 15) is 4.39 Å². The molecule has 1 aromatic heterocycles. The number of hydrogen-bond donors (Lipinski definition) is 1. The van der Waals surface area contributed by atoms with Crippen molar-refractivity contribution in [2.45, 2.75) is 13.8 Å². The fourth-order valence-electron chi connectivity index (χ4n) is 2.94. The maximum absolute atomic E-state index is 13.5. The molecule has 0 saturated carbocycles. The molecular formula is C17H22FN5. The van der Waals surface area contributed by atoms with Gasteiger partial charge in [0, 0.05) is 31.7 Å². The maximum Gasteiger partial charge on any atom is 0.155 e. The molecule has 0 spiro atoms. The summed E-state index contributed by atoms with van der Waals surface area (Å²) in [5, 5.41) is 0. The molecule has 0 aliphatic carbocycles. The number of aryl methyl sites for hydroxylation is 1. The highest BCUT2D eigenvalue weighted by molar-refractivity contribution is 5.81. The first-order valence-corrected chi connectivity index (χ1v) is 7.94. The summed E-state index contributed by atoms with van der Waals surface area (Å²) in [5.74, 6) is 0.546. The van der Waals surface area contributed by atoms with Crippen LogP contribution in [-0.2, 0) is 0 Å². The number of hydrogen-bond acceptors (Lipinski definition) is 5. The van der Waals surface area contributed by atoms with E-state index in [1.807, 2.05) is 0 Å². The van der Waals surface area contributed by atoms with Crippen molar-refractivity contribution in [3.05, 3.63) is 35.9 Å². The summed E-state index contributed by atoms with van der Waals surface area (Å²) in [4.78, 5) is 13.3. The van der Waals surface area contributed by atoms with Gasteiger partial charge in [-0.25, -0.2) is 14.4 Å². The number of anilines is 2. The van der Waals surface area contributed by atoms with Crippen molar-refractivity contribution in [3.8, 4) is 11.3 Å². The lowest BCUT2D eigenvalue weighted by Gasteiger charge is -2.35. The summed E-state index contributed by atoms with van der Waals surface area (Å²) in [6.07, 6.45) is 1.53. The molecule has 0 atom stereocenters. The van der Waals surface area contributed by atoms with E-state index >= 15 is 0 Å². The van der Waals surface area contributed by atoms with Crippen molar-refractivity contribution in [1.29, 1.82) is 0 Å². The van der Waals surface area contributed by atoms with Crippen LogP contribution in [0.15, 0.2) is 24.5 Å². The standard InChI is InChI=1S/C17H22FN5/c1-3-22-6-8-23(9-7-22)17-15(19)16(20-11-21-17)13-4-5-14(18)12(2)10-13/h4-5,10-11H,3,6-9,19H2,1-2H3. The number of benzene rings is 1. The average Bonchev–Trinajstić information content (AvgIpc) is 2.58. The third-order valence-electron chi connectivity index (χ3n) is 4.41.